The summed E-state index contributed by atoms with van der Waals surface area (Å²) in [6, 6.07) is 18.8. The predicted octanol–water partition coefficient (Wildman–Crippen LogP) is 5.14. The van der Waals surface area contributed by atoms with Crippen molar-refractivity contribution in [2.45, 2.75) is 32.7 Å². The number of nitrogens with one attached hydrogen (secondary N) is 1. The Morgan fingerprint density at radius 1 is 1.06 bits per heavy atom. The van der Waals surface area contributed by atoms with Crippen LogP contribution in [0.3, 0.4) is 0 Å². The van der Waals surface area contributed by atoms with E-state index in [2.05, 4.69) is 36.2 Å². The Balaban J connectivity index is 1.66. The zero-order chi connectivity index (χ0) is 22.7. The lowest BCUT2D eigenvalue weighted by molar-refractivity contribution is 0.0947. The molecule has 0 saturated heterocycles. The molecule has 1 N–H and O–H groups in total. The van der Waals surface area contributed by atoms with Gasteiger partial charge in [-0.05, 0) is 41.3 Å². The van der Waals surface area contributed by atoms with E-state index in [9.17, 15) is 4.79 Å². The number of para-hydroxylation sites is 1. The van der Waals surface area contributed by atoms with Crippen LogP contribution >= 0.6 is 0 Å². The van der Waals surface area contributed by atoms with Crippen molar-refractivity contribution in [1.29, 1.82) is 0 Å². The van der Waals surface area contributed by atoms with Gasteiger partial charge < -0.3 is 14.5 Å². The zero-order valence-electron chi connectivity index (χ0n) is 18.6. The van der Waals surface area contributed by atoms with Crippen LogP contribution in [0.2, 0.25) is 0 Å². The molecule has 164 valence electrons. The highest BCUT2D eigenvalue weighted by molar-refractivity contribution is 5.97. The monoisotopic (exact) mass is 430 g/mol. The molecular formula is C25H26N4O3. The van der Waals surface area contributed by atoms with E-state index in [1.165, 1.54) is 4.68 Å². The molecule has 0 bridgehead atoms. The van der Waals surface area contributed by atoms with E-state index in [1.807, 2.05) is 48.5 Å². The molecule has 0 aliphatic rings. The molecule has 0 unspecified atom stereocenters. The topological polar surface area (TPSA) is 82.2 Å². The van der Waals surface area contributed by atoms with Crippen LogP contribution in [0.5, 0.6) is 5.75 Å². The van der Waals surface area contributed by atoms with Crippen molar-refractivity contribution < 1.29 is 13.9 Å². The number of hydrogen-bond acceptors (Lipinski definition) is 6. The van der Waals surface area contributed by atoms with Gasteiger partial charge >= 0.3 is 0 Å². The molecule has 0 spiro atoms. The van der Waals surface area contributed by atoms with Crippen molar-refractivity contribution >= 4 is 11.9 Å². The SMILES string of the molecule is COc1ccccc1CNc1nc(-c2ccco2)nn1C(=O)c1ccc(C(C)(C)C)cc1. The van der Waals surface area contributed by atoms with E-state index in [1.54, 1.807) is 25.5 Å². The molecule has 4 rings (SSSR count). The predicted molar refractivity (Wildman–Crippen MR) is 123 cm³/mol. The first-order chi connectivity index (χ1) is 15.4. The molecular weight excluding hydrogens is 404 g/mol. The van der Waals surface area contributed by atoms with Crippen molar-refractivity contribution in [1.82, 2.24) is 14.8 Å². The number of furan rings is 1. The molecule has 0 radical (unpaired) electrons. The summed E-state index contributed by atoms with van der Waals surface area (Å²) in [4.78, 5) is 17.8. The van der Waals surface area contributed by atoms with Crippen LogP contribution in [0.4, 0.5) is 5.95 Å². The second-order valence-corrected chi connectivity index (χ2v) is 8.45. The fraction of sp³-hybridized carbons (Fsp3) is 0.240. The van der Waals surface area contributed by atoms with E-state index >= 15 is 0 Å². The highest BCUT2D eigenvalue weighted by atomic mass is 16.5. The minimum atomic E-state index is -0.279. The van der Waals surface area contributed by atoms with Gasteiger partial charge in [-0.15, -0.1) is 5.10 Å². The van der Waals surface area contributed by atoms with Gasteiger partial charge in [-0.2, -0.15) is 9.67 Å². The Morgan fingerprint density at radius 3 is 2.47 bits per heavy atom. The first-order valence-corrected chi connectivity index (χ1v) is 10.4. The van der Waals surface area contributed by atoms with Gasteiger partial charge in [0, 0.05) is 17.7 Å². The molecule has 0 saturated carbocycles. The highest BCUT2D eigenvalue weighted by Crippen LogP contribution is 2.24. The van der Waals surface area contributed by atoms with Crippen molar-refractivity contribution in [3.05, 3.63) is 83.6 Å². The molecule has 2 heterocycles. The Labute approximate surface area is 187 Å². The molecule has 0 fully saturated rings. The molecule has 2 aromatic carbocycles. The third-order valence-corrected chi connectivity index (χ3v) is 5.17. The molecule has 0 aliphatic heterocycles. The van der Waals surface area contributed by atoms with E-state index in [0.717, 1.165) is 16.9 Å². The summed E-state index contributed by atoms with van der Waals surface area (Å²) in [7, 11) is 1.63. The molecule has 4 aromatic rings. The Bertz CT molecular complexity index is 1200. The second kappa shape index (κ2) is 8.70. The summed E-state index contributed by atoms with van der Waals surface area (Å²) in [6.07, 6.45) is 1.55. The van der Waals surface area contributed by atoms with Crippen molar-refractivity contribution in [2.24, 2.45) is 0 Å². The van der Waals surface area contributed by atoms with E-state index in [4.69, 9.17) is 9.15 Å². The number of aromatic nitrogens is 3. The van der Waals surface area contributed by atoms with Gasteiger partial charge in [0.2, 0.25) is 11.8 Å². The molecule has 0 amide bonds. The maximum Gasteiger partial charge on any atom is 0.281 e. The second-order valence-electron chi connectivity index (χ2n) is 8.45. The summed E-state index contributed by atoms with van der Waals surface area (Å²) < 4.78 is 12.1. The number of rotatable bonds is 6. The number of ether oxygens (including phenoxy) is 1. The average molecular weight is 431 g/mol. The average Bonchev–Trinajstić information content (AvgIpc) is 3.47. The maximum absolute atomic E-state index is 13.3. The lowest BCUT2D eigenvalue weighted by Gasteiger charge is -2.19. The van der Waals surface area contributed by atoms with Crippen LogP contribution in [0.15, 0.2) is 71.3 Å². The van der Waals surface area contributed by atoms with Crippen LogP contribution in [0.1, 0.15) is 42.3 Å². The number of methoxy groups -OCH3 is 1. The smallest absolute Gasteiger partial charge is 0.281 e. The number of nitrogens with zero attached hydrogens (tertiary/aromatic N) is 3. The lowest BCUT2D eigenvalue weighted by Crippen LogP contribution is -2.18. The summed E-state index contributed by atoms with van der Waals surface area (Å²) in [5, 5.41) is 7.64. The third-order valence-electron chi connectivity index (χ3n) is 5.17. The zero-order valence-corrected chi connectivity index (χ0v) is 18.6. The largest absolute Gasteiger partial charge is 0.496 e. The molecule has 0 aliphatic carbocycles. The first-order valence-electron chi connectivity index (χ1n) is 10.4. The van der Waals surface area contributed by atoms with Gasteiger partial charge in [-0.1, -0.05) is 51.1 Å². The normalized spacial score (nSPS) is 11.4. The molecule has 0 atom stereocenters. The standard InChI is InChI=1S/C25H26N4O3/c1-25(2,3)19-13-11-17(12-14-19)23(30)29-24(27-22(28-29)21-10-7-15-32-21)26-16-18-8-5-6-9-20(18)31-4/h5-15H,16H2,1-4H3,(H,26,27,28). The highest BCUT2D eigenvalue weighted by Gasteiger charge is 2.21. The fourth-order valence-electron chi connectivity index (χ4n) is 3.34. The summed E-state index contributed by atoms with van der Waals surface area (Å²) in [5.41, 5.74) is 2.61. The van der Waals surface area contributed by atoms with Gasteiger partial charge in [-0.3, -0.25) is 4.79 Å². The Kier molecular flexibility index (Phi) is 5.81. The van der Waals surface area contributed by atoms with Gasteiger partial charge in [0.25, 0.3) is 5.91 Å². The number of hydrogen-bond donors (Lipinski definition) is 1. The summed E-state index contributed by atoms with van der Waals surface area (Å²) >= 11 is 0. The number of anilines is 1. The fourth-order valence-corrected chi connectivity index (χ4v) is 3.34. The maximum atomic E-state index is 13.3. The summed E-state index contributed by atoms with van der Waals surface area (Å²) in [6.45, 7) is 6.82. The Hall–Kier alpha value is -3.87. The Morgan fingerprint density at radius 2 is 1.81 bits per heavy atom. The van der Waals surface area contributed by atoms with Crippen LogP contribution < -0.4 is 10.1 Å². The van der Waals surface area contributed by atoms with Crippen molar-refractivity contribution in [3.63, 3.8) is 0 Å². The van der Waals surface area contributed by atoms with Crippen LogP contribution in [0, 0.1) is 0 Å². The van der Waals surface area contributed by atoms with E-state index in [-0.39, 0.29) is 11.3 Å². The van der Waals surface area contributed by atoms with Crippen molar-refractivity contribution in [3.8, 4) is 17.3 Å². The lowest BCUT2D eigenvalue weighted by atomic mass is 9.87. The number of carbonyl (C=O) groups excluding carboxylic acids is 1. The molecule has 7 heteroatoms. The third kappa shape index (κ3) is 4.42. The van der Waals surface area contributed by atoms with Crippen LogP contribution in [-0.2, 0) is 12.0 Å². The molecule has 2 aromatic heterocycles. The van der Waals surface area contributed by atoms with Crippen molar-refractivity contribution in [2.75, 3.05) is 12.4 Å². The van der Waals surface area contributed by atoms with E-state index < -0.39 is 0 Å². The minimum absolute atomic E-state index is 0.00272. The first kappa shape index (κ1) is 21.4. The van der Waals surface area contributed by atoms with Gasteiger partial charge in [0.05, 0.1) is 13.4 Å². The quantitative estimate of drug-likeness (QED) is 0.456. The van der Waals surface area contributed by atoms with Crippen LogP contribution in [-0.4, -0.2) is 27.8 Å². The van der Waals surface area contributed by atoms with Gasteiger partial charge in [0.15, 0.2) is 5.76 Å². The van der Waals surface area contributed by atoms with Crippen LogP contribution in [0.25, 0.3) is 11.6 Å². The molecule has 32 heavy (non-hydrogen) atoms. The van der Waals surface area contributed by atoms with Gasteiger partial charge in [0.1, 0.15) is 5.75 Å². The summed E-state index contributed by atoms with van der Waals surface area (Å²) in [5.74, 6) is 1.61. The van der Waals surface area contributed by atoms with E-state index in [0.29, 0.717) is 29.6 Å². The minimum Gasteiger partial charge on any atom is -0.496 e. The number of benzene rings is 2. The van der Waals surface area contributed by atoms with Gasteiger partial charge in [-0.25, -0.2) is 0 Å². The number of carbonyl (C=O) groups is 1. The molecule has 7 nitrogen and oxygen atoms in total.